The van der Waals surface area contributed by atoms with Gasteiger partial charge in [0, 0.05) is 31.7 Å². The summed E-state index contributed by atoms with van der Waals surface area (Å²) >= 11 is 0. The van der Waals surface area contributed by atoms with Gasteiger partial charge in [0.2, 0.25) is 5.91 Å². The lowest BCUT2D eigenvalue weighted by Gasteiger charge is -2.25. The molecular weight excluding hydrogens is 331 g/mol. The van der Waals surface area contributed by atoms with Crippen LogP contribution in [0.5, 0.6) is 5.75 Å². The molecule has 0 bridgehead atoms. The number of amides is 1. The van der Waals surface area contributed by atoms with Gasteiger partial charge in [-0.05, 0) is 36.6 Å². The second kappa shape index (κ2) is 8.32. The lowest BCUT2D eigenvalue weighted by molar-refractivity contribution is -0.132. The lowest BCUT2D eigenvalue weighted by Crippen LogP contribution is -2.39. The Kier molecular flexibility index (Phi) is 5.89. The van der Waals surface area contributed by atoms with Crippen LogP contribution in [0.15, 0.2) is 48.5 Å². The van der Waals surface area contributed by atoms with Gasteiger partial charge >= 0.3 is 0 Å². The van der Waals surface area contributed by atoms with Crippen LogP contribution in [0.2, 0.25) is 0 Å². The Morgan fingerprint density at radius 2 is 1.81 bits per heavy atom. The first-order valence-electron chi connectivity index (χ1n) is 8.91. The third-order valence-electron chi connectivity index (χ3n) is 4.73. The van der Waals surface area contributed by atoms with Crippen molar-refractivity contribution in [2.24, 2.45) is 0 Å². The van der Waals surface area contributed by atoms with E-state index in [9.17, 15) is 9.18 Å². The van der Waals surface area contributed by atoms with E-state index in [1.54, 1.807) is 31.2 Å². The number of hydrogen-bond acceptors (Lipinski definition) is 3. The highest BCUT2D eigenvalue weighted by molar-refractivity contribution is 5.78. The number of rotatable bonds is 8. The molecule has 0 heterocycles. The molecule has 26 heavy (non-hydrogen) atoms. The normalized spacial score (nSPS) is 13.7. The Morgan fingerprint density at radius 3 is 2.46 bits per heavy atom. The first-order chi connectivity index (χ1) is 12.6. The monoisotopic (exact) mass is 356 g/mol. The fourth-order valence-corrected chi connectivity index (χ4v) is 3.05. The summed E-state index contributed by atoms with van der Waals surface area (Å²) in [6.07, 6.45) is 2.26. The van der Waals surface area contributed by atoms with Crippen molar-refractivity contribution in [2.75, 3.05) is 20.7 Å². The summed E-state index contributed by atoms with van der Waals surface area (Å²) in [4.78, 5) is 16.6. The Morgan fingerprint density at radius 1 is 1.12 bits per heavy atom. The highest BCUT2D eigenvalue weighted by Gasteiger charge is 2.31. The van der Waals surface area contributed by atoms with E-state index in [2.05, 4.69) is 4.90 Å². The molecular formula is C21H25FN2O2. The fourth-order valence-electron chi connectivity index (χ4n) is 3.05. The van der Waals surface area contributed by atoms with Gasteiger partial charge in [0.1, 0.15) is 11.6 Å². The Bertz CT molecular complexity index is 744. The van der Waals surface area contributed by atoms with Gasteiger partial charge < -0.3 is 9.64 Å². The predicted octanol–water partition coefficient (Wildman–Crippen LogP) is 3.46. The van der Waals surface area contributed by atoms with Crippen molar-refractivity contribution < 1.29 is 13.9 Å². The van der Waals surface area contributed by atoms with E-state index in [1.807, 2.05) is 24.3 Å². The minimum atomic E-state index is -0.264. The van der Waals surface area contributed by atoms with Gasteiger partial charge in [-0.15, -0.1) is 0 Å². The molecule has 0 aliphatic heterocycles. The zero-order valence-corrected chi connectivity index (χ0v) is 15.3. The first kappa shape index (κ1) is 18.4. The standard InChI is InChI=1S/C21H25FN2O2/c1-23(13-16-7-9-18(22)10-8-16)21(25)15-24(19-11-12-19)14-17-5-3-4-6-20(17)26-2/h3-10,19H,11-15H2,1-2H3. The van der Waals surface area contributed by atoms with E-state index in [4.69, 9.17) is 4.74 Å². The molecule has 2 aromatic carbocycles. The van der Waals surface area contributed by atoms with Crippen molar-refractivity contribution in [1.29, 1.82) is 0 Å². The van der Waals surface area contributed by atoms with Crippen LogP contribution in [0.25, 0.3) is 0 Å². The third-order valence-corrected chi connectivity index (χ3v) is 4.73. The van der Waals surface area contributed by atoms with E-state index in [0.717, 1.165) is 29.7 Å². The molecule has 1 amide bonds. The largest absolute Gasteiger partial charge is 0.496 e. The summed E-state index contributed by atoms with van der Waals surface area (Å²) in [5.41, 5.74) is 2.01. The maximum atomic E-state index is 13.0. The number of methoxy groups -OCH3 is 1. The lowest BCUT2D eigenvalue weighted by atomic mass is 10.2. The highest BCUT2D eigenvalue weighted by Crippen LogP contribution is 2.30. The van der Waals surface area contributed by atoms with Crippen LogP contribution >= 0.6 is 0 Å². The van der Waals surface area contributed by atoms with Gasteiger partial charge in [0.05, 0.1) is 13.7 Å². The summed E-state index contributed by atoms with van der Waals surface area (Å²) in [7, 11) is 3.46. The molecule has 1 aliphatic rings. The van der Waals surface area contributed by atoms with E-state index in [1.165, 1.54) is 12.1 Å². The average Bonchev–Trinajstić information content (AvgIpc) is 3.48. The van der Waals surface area contributed by atoms with Crippen LogP contribution in [0, 0.1) is 5.82 Å². The van der Waals surface area contributed by atoms with Crippen LogP contribution in [0.1, 0.15) is 24.0 Å². The van der Waals surface area contributed by atoms with Crippen LogP contribution < -0.4 is 4.74 Å². The molecule has 0 atom stereocenters. The second-order valence-electron chi connectivity index (χ2n) is 6.82. The number of hydrogen-bond donors (Lipinski definition) is 0. The number of benzene rings is 2. The molecule has 138 valence electrons. The second-order valence-corrected chi connectivity index (χ2v) is 6.82. The number of nitrogens with zero attached hydrogens (tertiary/aromatic N) is 2. The van der Waals surface area contributed by atoms with Crippen molar-refractivity contribution in [1.82, 2.24) is 9.80 Å². The summed E-state index contributed by atoms with van der Waals surface area (Å²) in [5.74, 6) is 0.654. The third kappa shape index (κ3) is 4.82. The maximum Gasteiger partial charge on any atom is 0.236 e. The number of carbonyl (C=O) groups is 1. The summed E-state index contributed by atoms with van der Waals surface area (Å²) < 4.78 is 18.5. The smallest absolute Gasteiger partial charge is 0.236 e. The maximum absolute atomic E-state index is 13.0. The minimum Gasteiger partial charge on any atom is -0.496 e. The molecule has 1 saturated carbocycles. The van der Waals surface area contributed by atoms with Crippen molar-refractivity contribution in [3.05, 3.63) is 65.5 Å². The van der Waals surface area contributed by atoms with Gasteiger partial charge in [0.25, 0.3) is 0 Å². The minimum absolute atomic E-state index is 0.0659. The predicted molar refractivity (Wildman–Crippen MR) is 99.3 cm³/mol. The van der Waals surface area contributed by atoms with Crippen molar-refractivity contribution in [2.45, 2.75) is 32.0 Å². The number of halogens is 1. The van der Waals surface area contributed by atoms with Crippen molar-refractivity contribution in [3.8, 4) is 5.75 Å². The summed E-state index contributed by atoms with van der Waals surface area (Å²) in [6.45, 7) is 1.55. The van der Waals surface area contributed by atoms with Gasteiger partial charge in [0.15, 0.2) is 0 Å². The van der Waals surface area contributed by atoms with E-state index in [0.29, 0.717) is 25.7 Å². The fraction of sp³-hybridized carbons (Fsp3) is 0.381. The number of ether oxygens (including phenoxy) is 1. The molecule has 0 saturated heterocycles. The van der Waals surface area contributed by atoms with E-state index < -0.39 is 0 Å². The molecule has 5 heteroatoms. The summed E-state index contributed by atoms with van der Waals surface area (Å²) in [5, 5.41) is 0. The summed E-state index contributed by atoms with van der Waals surface area (Å²) in [6, 6.07) is 14.7. The molecule has 0 N–H and O–H groups in total. The highest BCUT2D eigenvalue weighted by atomic mass is 19.1. The molecule has 4 nitrogen and oxygen atoms in total. The van der Waals surface area contributed by atoms with E-state index in [-0.39, 0.29) is 11.7 Å². The van der Waals surface area contributed by atoms with Gasteiger partial charge in [-0.2, -0.15) is 0 Å². The molecule has 3 rings (SSSR count). The molecule has 0 unspecified atom stereocenters. The van der Waals surface area contributed by atoms with Crippen LogP contribution in [-0.4, -0.2) is 42.5 Å². The quantitative estimate of drug-likeness (QED) is 0.726. The topological polar surface area (TPSA) is 32.8 Å². The zero-order valence-electron chi connectivity index (χ0n) is 15.3. The Hall–Kier alpha value is -2.40. The zero-order chi connectivity index (χ0) is 18.5. The van der Waals surface area contributed by atoms with Crippen molar-refractivity contribution in [3.63, 3.8) is 0 Å². The average molecular weight is 356 g/mol. The Balaban J connectivity index is 1.62. The van der Waals surface area contributed by atoms with Crippen LogP contribution in [0.3, 0.4) is 0 Å². The van der Waals surface area contributed by atoms with Gasteiger partial charge in [-0.25, -0.2) is 4.39 Å². The molecule has 2 aromatic rings. The van der Waals surface area contributed by atoms with Crippen LogP contribution in [0.4, 0.5) is 4.39 Å². The number of para-hydroxylation sites is 1. The van der Waals surface area contributed by atoms with Gasteiger partial charge in [-0.1, -0.05) is 30.3 Å². The Labute approximate surface area is 154 Å². The molecule has 0 spiro atoms. The van der Waals surface area contributed by atoms with Crippen molar-refractivity contribution >= 4 is 5.91 Å². The SMILES string of the molecule is COc1ccccc1CN(CC(=O)N(C)Cc1ccc(F)cc1)C1CC1. The number of carbonyl (C=O) groups excluding carboxylic acids is 1. The molecule has 1 aliphatic carbocycles. The number of likely N-dealkylation sites (N-methyl/N-ethyl adjacent to an activating group) is 1. The van der Waals surface area contributed by atoms with Crippen LogP contribution in [-0.2, 0) is 17.9 Å². The molecule has 0 radical (unpaired) electrons. The van der Waals surface area contributed by atoms with E-state index >= 15 is 0 Å². The first-order valence-corrected chi connectivity index (χ1v) is 8.91. The van der Waals surface area contributed by atoms with Gasteiger partial charge in [-0.3, -0.25) is 9.69 Å². The molecule has 1 fully saturated rings. The molecule has 0 aromatic heterocycles.